The summed E-state index contributed by atoms with van der Waals surface area (Å²) in [5.74, 6) is 1.33. The predicted molar refractivity (Wildman–Crippen MR) is 88.9 cm³/mol. The highest BCUT2D eigenvalue weighted by molar-refractivity contribution is 5.95. The number of hydrogen-bond donors (Lipinski definition) is 2. The van der Waals surface area contributed by atoms with Crippen molar-refractivity contribution >= 4 is 11.7 Å². The van der Waals surface area contributed by atoms with Crippen molar-refractivity contribution in [3.05, 3.63) is 23.4 Å². The summed E-state index contributed by atoms with van der Waals surface area (Å²) in [7, 11) is 0. The van der Waals surface area contributed by atoms with Crippen molar-refractivity contribution in [2.45, 2.75) is 53.4 Å². The summed E-state index contributed by atoms with van der Waals surface area (Å²) in [6, 6.07) is 3.72. The quantitative estimate of drug-likeness (QED) is 0.842. The Morgan fingerprint density at radius 2 is 1.95 bits per heavy atom. The van der Waals surface area contributed by atoms with E-state index in [1.807, 2.05) is 19.1 Å². The molecule has 1 aromatic heterocycles. The van der Waals surface area contributed by atoms with E-state index in [0.29, 0.717) is 18.0 Å². The molecule has 4 heteroatoms. The van der Waals surface area contributed by atoms with Gasteiger partial charge in [-0.3, -0.25) is 4.79 Å². The monoisotopic (exact) mass is 291 g/mol. The highest BCUT2D eigenvalue weighted by atomic mass is 16.1. The number of nitrogens with one attached hydrogen (secondary N) is 2. The molecule has 0 bridgehead atoms. The molecule has 1 amide bonds. The van der Waals surface area contributed by atoms with Crippen LogP contribution in [0.2, 0.25) is 0 Å². The largest absolute Gasteiger partial charge is 0.370 e. The van der Waals surface area contributed by atoms with Crippen molar-refractivity contribution in [3.8, 4) is 0 Å². The van der Waals surface area contributed by atoms with E-state index in [0.717, 1.165) is 24.5 Å². The van der Waals surface area contributed by atoms with Gasteiger partial charge in [0.1, 0.15) is 5.82 Å². The average Bonchev–Trinajstić information content (AvgIpc) is 2.37. The Morgan fingerprint density at radius 3 is 2.48 bits per heavy atom. The number of nitrogens with zero attached hydrogens (tertiary/aromatic N) is 1. The van der Waals surface area contributed by atoms with Crippen LogP contribution in [0.15, 0.2) is 12.1 Å². The highest BCUT2D eigenvalue weighted by Gasteiger charge is 2.19. The number of pyridine rings is 1. The van der Waals surface area contributed by atoms with Gasteiger partial charge in [-0.15, -0.1) is 0 Å². The van der Waals surface area contributed by atoms with Crippen LogP contribution in [0, 0.1) is 5.92 Å². The van der Waals surface area contributed by atoms with E-state index >= 15 is 0 Å². The predicted octanol–water partition coefficient (Wildman–Crippen LogP) is 3.59. The van der Waals surface area contributed by atoms with Crippen molar-refractivity contribution in [1.29, 1.82) is 0 Å². The fraction of sp³-hybridized carbons (Fsp3) is 0.647. The minimum atomic E-state index is -0.0849. The minimum absolute atomic E-state index is 0.0253. The molecule has 1 aromatic rings. The first kappa shape index (κ1) is 17.5. The van der Waals surface area contributed by atoms with Crippen LogP contribution in [-0.4, -0.2) is 24.0 Å². The summed E-state index contributed by atoms with van der Waals surface area (Å²) >= 11 is 0. The van der Waals surface area contributed by atoms with Gasteiger partial charge in [0.05, 0.1) is 0 Å². The van der Waals surface area contributed by atoms with Crippen LogP contribution in [0.4, 0.5) is 5.82 Å². The summed E-state index contributed by atoms with van der Waals surface area (Å²) < 4.78 is 0. The Kier molecular flexibility index (Phi) is 6.19. The van der Waals surface area contributed by atoms with Gasteiger partial charge < -0.3 is 10.6 Å². The van der Waals surface area contributed by atoms with Gasteiger partial charge >= 0.3 is 0 Å². The molecule has 0 radical (unpaired) electrons. The van der Waals surface area contributed by atoms with Crippen LogP contribution in [0.1, 0.15) is 64.0 Å². The molecular formula is C17H29N3O. The van der Waals surface area contributed by atoms with Gasteiger partial charge in [0.2, 0.25) is 0 Å². The molecule has 0 atom stereocenters. The Morgan fingerprint density at radius 1 is 1.29 bits per heavy atom. The first-order valence-electron chi connectivity index (χ1n) is 7.78. The SMILES string of the molecule is CCNc1cc(C(=O)NCCC(C)C)cc(C(C)(C)C)n1. The van der Waals surface area contributed by atoms with E-state index < -0.39 is 0 Å². The first-order chi connectivity index (χ1) is 9.74. The molecule has 0 saturated carbocycles. The maximum atomic E-state index is 12.3. The van der Waals surface area contributed by atoms with E-state index in [9.17, 15) is 4.79 Å². The van der Waals surface area contributed by atoms with E-state index in [2.05, 4.69) is 50.2 Å². The lowest BCUT2D eigenvalue weighted by molar-refractivity contribution is 0.0952. The zero-order valence-corrected chi connectivity index (χ0v) is 14.2. The van der Waals surface area contributed by atoms with Crippen LogP contribution in [0.3, 0.4) is 0 Å². The molecular weight excluding hydrogens is 262 g/mol. The van der Waals surface area contributed by atoms with Crippen molar-refractivity contribution in [2.24, 2.45) is 5.92 Å². The molecule has 1 heterocycles. The van der Waals surface area contributed by atoms with Crippen LogP contribution in [-0.2, 0) is 5.41 Å². The Labute approximate surface area is 128 Å². The third kappa shape index (κ3) is 5.74. The zero-order valence-electron chi connectivity index (χ0n) is 14.2. The topological polar surface area (TPSA) is 54.0 Å². The van der Waals surface area contributed by atoms with E-state index in [1.54, 1.807) is 0 Å². The number of carbonyl (C=O) groups is 1. The van der Waals surface area contributed by atoms with Crippen LogP contribution >= 0.6 is 0 Å². The summed E-state index contributed by atoms with van der Waals surface area (Å²) in [6.45, 7) is 14.1. The summed E-state index contributed by atoms with van der Waals surface area (Å²) in [4.78, 5) is 16.9. The van der Waals surface area contributed by atoms with E-state index in [1.165, 1.54) is 0 Å². The lowest BCUT2D eigenvalue weighted by atomic mass is 9.90. The maximum Gasteiger partial charge on any atom is 0.251 e. The van der Waals surface area contributed by atoms with Crippen molar-refractivity contribution < 1.29 is 4.79 Å². The Bertz CT molecular complexity index is 475. The summed E-state index contributed by atoms with van der Waals surface area (Å²) in [5.41, 5.74) is 1.52. The second-order valence-electron chi connectivity index (χ2n) is 6.85. The smallest absolute Gasteiger partial charge is 0.251 e. The number of aromatic nitrogens is 1. The lowest BCUT2D eigenvalue weighted by Gasteiger charge is -2.20. The zero-order chi connectivity index (χ0) is 16.0. The molecule has 118 valence electrons. The summed E-state index contributed by atoms with van der Waals surface area (Å²) in [6.07, 6.45) is 0.989. The molecule has 1 rings (SSSR count). The fourth-order valence-corrected chi connectivity index (χ4v) is 1.89. The maximum absolute atomic E-state index is 12.3. The molecule has 0 aromatic carbocycles. The first-order valence-corrected chi connectivity index (χ1v) is 7.78. The van der Waals surface area contributed by atoms with Gasteiger partial charge in [0.25, 0.3) is 5.91 Å². The highest BCUT2D eigenvalue weighted by Crippen LogP contribution is 2.23. The van der Waals surface area contributed by atoms with Crippen molar-refractivity contribution in [3.63, 3.8) is 0 Å². The van der Waals surface area contributed by atoms with Crippen molar-refractivity contribution in [2.75, 3.05) is 18.4 Å². The van der Waals surface area contributed by atoms with Crippen LogP contribution in [0.25, 0.3) is 0 Å². The Balaban J connectivity index is 2.94. The number of amides is 1. The van der Waals surface area contributed by atoms with E-state index in [-0.39, 0.29) is 11.3 Å². The molecule has 0 fully saturated rings. The third-order valence-corrected chi connectivity index (χ3v) is 3.22. The van der Waals surface area contributed by atoms with Crippen molar-refractivity contribution in [1.82, 2.24) is 10.3 Å². The average molecular weight is 291 g/mol. The van der Waals surface area contributed by atoms with E-state index in [4.69, 9.17) is 0 Å². The van der Waals surface area contributed by atoms with Gasteiger partial charge in [-0.25, -0.2) is 4.98 Å². The minimum Gasteiger partial charge on any atom is -0.370 e. The molecule has 0 aliphatic heterocycles. The number of rotatable bonds is 6. The fourth-order valence-electron chi connectivity index (χ4n) is 1.89. The van der Waals surface area contributed by atoms with Gasteiger partial charge in [0.15, 0.2) is 0 Å². The molecule has 2 N–H and O–H groups in total. The molecule has 4 nitrogen and oxygen atoms in total. The second-order valence-corrected chi connectivity index (χ2v) is 6.85. The number of hydrogen-bond acceptors (Lipinski definition) is 3. The summed E-state index contributed by atoms with van der Waals surface area (Å²) in [5, 5.41) is 6.18. The van der Waals surface area contributed by atoms with Crippen LogP contribution in [0.5, 0.6) is 0 Å². The third-order valence-electron chi connectivity index (χ3n) is 3.22. The van der Waals surface area contributed by atoms with Gasteiger partial charge in [-0.05, 0) is 31.4 Å². The molecule has 0 aliphatic rings. The van der Waals surface area contributed by atoms with Gasteiger partial charge in [-0.2, -0.15) is 0 Å². The molecule has 21 heavy (non-hydrogen) atoms. The molecule has 0 aliphatic carbocycles. The van der Waals surface area contributed by atoms with Gasteiger partial charge in [0, 0.05) is 29.8 Å². The second kappa shape index (κ2) is 7.43. The Hall–Kier alpha value is -1.58. The van der Waals surface area contributed by atoms with Crippen LogP contribution < -0.4 is 10.6 Å². The number of carbonyl (C=O) groups excluding carboxylic acids is 1. The molecule has 0 spiro atoms. The molecule has 0 saturated heterocycles. The normalized spacial score (nSPS) is 11.6. The standard InChI is InChI=1S/C17H29N3O/c1-7-18-15-11-13(10-14(20-15)17(4,5)6)16(21)19-9-8-12(2)3/h10-12H,7-9H2,1-6H3,(H,18,20)(H,19,21). The number of anilines is 1. The van der Waals surface area contributed by atoms with Gasteiger partial charge in [-0.1, -0.05) is 34.6 Å². The lowest BCUT2D eigenvalue weighted by Crippen LogP contribution is -2.26. The molecule has 0 unspecified atom stereocenters.